The third-order valence-corrected chi connectivity index (χ3v) is 3.13. The van der Waals surface area contributed by atoms with Crippen molar-refractivity contribution in [1.29, 1.82) is 0 Å². The molecule has 0 saturated heterocycles. The molecule has 0 atom stereocenters. The monoisotopic (exact) mass is 237 g/mol. The van der Waals surface area contributed by atoms with Gasteiger partial charge in [0.15, 0.2) is 0 Å². The summed E-state index contributed by atoms with van der Waals surface area (Å²) in [5.41, 5.74) is 1.16. The summed E-state index contributed by atoms with van der Waals surface area (Å²) in [4.78, 5) is 11.7. The summed E-state index contributed by atoms with van der Waals surface area (Å²) < 4.78 is 1.96. The van der Waals surface area contributed by atoms with Crippen molar-refractivity contribution in [3.8, 4) is 0 Å². The third-order valence-electron chi connectivity index (χ3n) is 3.13. The average molecular weight is 237 g/mol. The first kappa shape index (κ1) is 13.7. The Balaban J connectivity index is 2.20. The molecular formula is C13H23N3O. The molecule has 1 aromatic heterocycles. The molecule has 96 valence electrons. The van der Waals surface area contributed by atoms with E-state index in [1.54, 1.807) is 6.20 Å². The molecule has 1 aromatic rings. The van der Waals surface area contributed by atoms with Gasteiger partial charge < -0.3 is 5.32 Å². The highest BCUT2D eigenvalue weighted by atomic mass is 16.1. The lowest BCUT2D eigenvalue weighted by Gasteiger charge is -2.12. The number of hydrogen-bond donors (Lipinski definition) is 1. The fraction of sp³-hybridized carbons (Fsp3) is 0.692. The first-order valence-electron chi connectivity index (χ1n) is 6.45. The number of rotatable bonds is 7. The number of amides is 1. The zero-order chi connectivity index (χ0) is 12.7. The Kier molecular flexibility index (Phi) is 5.73. The van der Waals surface area contributed by atoms with Crippen LogP contribution in [-0.2, 0) is 11.3 Å². The molecule has 1 heterocycles. The van der Waals surface area contributed by atoms with Gasteiger partial charge in [0, 0.05) is 30.9 Å². The van der Waals surface area contributed by atoms with Crippen LogP contribution in [0.3, 0.4) is 0 Å². The largest absolute Gasteiger partial charge is 0.356 e. The van der Waals surface area contributed by atoms with Crippen molar-refractivity contribution in [3.05, 3.63) is 18.0 Å². The highest BCUT2D eigenvalue weighted by molar-refractivity contribution is 5.78. The van der Waals surface area contributed by atoms with E-state index in [4.69, 9.17) is 0 Å². The molecule has 0 unspecified atom stereocenters. The van der Waals surface area contributed by atoms with E-state index in [-0.39, 0.29) is 11.8 Å². The van der Waals surface area contributed by atoms with Crippen molar-refractivity contribution in [2.24, 2.45) is 5.92 Å². The molecule has 0 aliphatic carbocycles. The fourth-order valence-electron chi connectivity index (χ4n) is 1.88. The molecule has 0 fully saturated rings. The molecule has 0 aliphatic heterocycles. The topological polar surface area (TPSA) is 46.9 Å². The van der Waals surface area contributed by atoms with E-state index in [2.05, 4.69) is 24.3 Å². The van der Waals surface area contributed by atoms with E-state index < -0.39 is 0 Å². The van der Waals surface area contributed by atoms with E-state index in [1.165, 1.54) is 0 Å². The summed E-state index contributed by atoms with van der Waals surface area (Å²) >= 11 is 0. The van der Waals surface area contributed by atoms with Crippen LogP contribution in [0.2, 0.25) is 0 Å². The minimum absolute atomic E-state index is 0.168. The average Bonchev–Trinajstić information content (AvgIpc) is 2.72. The van der Waals surface area contributed by atoms with E-state index >= 15 is 0 Å². The van der Waals surface area contributed by atoms with Crippen LogP contribution in [0, 0.1) is 12.8 Å². The Labute approximate surface area is 103 Å². The fourth-order valence-corrected chi connectivity index (χ4v) is 1.88. The summed E-state index contributed by atoms with van der Waals surface area (Å²) in [6, 6.07) is 1.99. The first-order chi connectivity index (χ1) is 8.19. The lowest BCUT2D eigenvalue weighted by molar-refractivity contribution is -0.125. The summed E-state index contributed by atoms with van der Waals surface area (Å²) in [5, 5.41) is 7.19. The molecule has 1 rings (SSSR count). The van der Waals surface area contributed by atoms with Gasteiger partial charge in [-0.2, -0.15) is 5.10 Å². The molecule has 1 amide bonds. The SMILES string of the molecule is CCC(CC)C(=O)NCCCn1nccc1C. The maximum atomic E-state index is 11.7. The smallest absolute Gasteiger partial charge is 0.223 e. The minimum Gasteiger partial charge on any atom is -0.356 e. The standard InChI is InChI=1S/C13H23N3O/c1-4-12(5-2)13(17)14-8-6-10-16-11(3)7-9-15-16/h7,9,12H,4-6,8,10H2,1-3H3,(H,14,17). The Hall–Kier alpha value is -1.32. The molecule has 1 N–H and O–H groups in total. The van der Waals surface area contributed by atoms with Crippen molar-refractivity contribution in [1.82, 2.24) is 15.1 Å². The Morgan fingerprint density at radius 2 is 2.18 bits per heavy atom. The van der Waals surface area contributed by atoms with Crippen LogP contribution in [0.25, 0.3) is 0 Å². The number of aromatic nitrogens is 2. The maximum absolute atomic E-state index is 11.7. The van der Waals surface area contributed by atoms with E-state index in [9.17, 15) is 4.79 Å². The van der Waals surface area contributed by atoms with Crippen molar-refractivity contribution < 1.29 is 4.79 Å². The Bertz CT molecular complexity index is 342. The molecule has 0 spiro atoms. The van der Waals surface area contributed by atoms with Gasteiger partial charge in [0.05, 0.1) is 0 Å². The van der Waals surface area contributed by atoms with E-state index in [0.717, 1.165) is 38.0 Å². The predicted octanol–water partition coefficient (Wildman–Crippen LogP) is 2.13. The van der Waals surface area contributed by atoms with Gasteiger partial charge in [-0.05, 0) is 32.3 Å². The molecule has 0 bridgehead atoms. The van der Waals surface area contributed by atoms with Crippen molar-refractivity contribution >= 4 is 5.91 Å². The molecule has 0 aromatic carbocycles. The molecule has 17 heavy (non-hydrogen) atoms. The summed E-state index contributed by atoms with van der Waals surface area (Å²) in [5.74, 6) is 0.355. The molecule has 4 heteroatoms. The van der Waals surface area contributed by atoms with Gasteiger partial charge in [0.1, 0.15) is 0 Å². The van der Waals surface area contributed by atoms with Crippen LogP contribution >= 0.6 is 0 Å². The van der Waals surface area contributed by atoms with Crippen molar-refractivity contribution in [3.63, 3.8) is 0 Å². The summed E-state index contributed by atoms with van der Waals surface area (Å²) in [6.45, 7) is 7.74. The maximum Gasteiger partial charge on any atom is 0.223 e. The van der Waals surface area contributed by atoms with Crippen LogP contribution in [0.4, 0.5) is 0 Å². The predicted molar refractivity (Wildman–Crippen MR) is 68.7 cm³/mol. The second kappa shape index (κ2) is 7.09. The Morgan fingerprint density at radius 1 is 1.47 bits per heavy atom. The van der Waals surface area contributed by atoms with Gasteiger partial charge in [-0.3, -0.25) is 9.48 Å². The number of nitrogens with one attached hydrogen (secondary N) is 1. The second-order valence-electron chi connectivity index (χ2n) is 4.35. The second-order valence-corrected chi connectivity index (χ2v) is 4.35. The number of hydrogen-bond acceptors (Lipinski definition) is 2. The quantitative estimate of drug-likeness (QED) is 0.738. The Morgan fingerprint density at radius 3 is 2.71 bits per heavy atom. The number of nitrogens with zero attached hydrogens (tertiary/aromatic N) is 2. The number of aryl methyl sites for hydroxylation is 2. The number of carbonyl (C=O) groups is 1. The zero-order valence-corrected chi connectivity index (χ0v) is 11.1. The lowest BCUT2D eigenvalue weighted by atomic mass is 10.0. The van der Waals surface area contributed by atoms with E-state index in [0.29, 0.717) is 0 Å². The zero-order valence-electron chi connectivity index (χ0n) is 11.1. The highest BCUT2D eigenvalue weighted by Crippen LogP contribution is 2.06. The third kappa shape index (κ3) is 4.21. The van der Waals surface area contributed by atoms with Gasteiger partial charge in [-0.25, -0.2) is 0 Å². The van der Waals surface area contributed by atoms with Gasteiger partial charge in [0.2, 0.25) is 5.91 Å². The van der Waals surface area contributed by atoms with Gasteiger partial charge in [0.25, 0.3) is 0 Å². The van der Waals surface area contributed by atoms with Gasteiger partial charge in [-0.15, -0.1) is 0 Å². The number of carbonyl (C=O) groups excluding carboxylic acids is 1. The first-order valence-corrected chi connectivity index (χ1v) is 6.45. The van der Waals surface area contributed by atoms with Gasteiger partial charge >= 0.3 is 0 Å². The van der Waals surface area contributed by atoms with Crippen LogP contribution in [-0.4, -0.2) is 22.2 Å². The van der Waals surface area contributed by atoms with E-state index in [1.807, 2.05) is 17.7 Å². The van der Waals surface area contributed by atoms with Crippen LogP contribution < -0.4 is 5.32 Å². The molecule has 0 radical (unpaired) electrons. The molecule has 0 aliphatic rings. The van der Waals surface area contributed by atoms with Crippen LogP contribution in [0.1, 0.15) is 38.8 Å². The summed E-state index contributed by atoms with van der Waals surface area (Å²) in [7, 11) is 0. The molecular weight excluding hydrogens is 214 g/mol. The minimum atomic E-state index is 0.168. The van der Waals surface area contributed by atoms with Gasteiger partial charge in [-0.1, -0.05) is 13.8 Å². The molecule has 0 saturated carbocycles. The normalized spacial score (nSPS) is 10.8. The molecule has 4 nitrogen and oxygen atoms in total. The van der Waals surface area contributed by atoms with Crippen molar-refractivity contribution in [2.45, 2.75) is 46.6 Å². The van der Waals surface area contributed by atoms with Crippen molar-refractivity contribution in [2.75, 3.05) is 6.54 Å². The van der Waals surface area contributed by atoms with Crippen LogP contribution in [0.15, 0.2) is 12.3 Å². The lowest BCUT2D eigenvalue weighted by Crippen LogP contribution is -2.31. The van der Waals surface area contributed by atoms with Crippen LogP contribution in [0.5, 0.6) is 0 Å². The highest BCUT2D eigenvalue weighted by Gasteiger charge is 2.12. The summed E-state index contributed by atoms with van der Waals surface area (Å²) in [6.07, 6.45) is 4.56.